The number of halogens is 1. The van der Waals surface area contributed by atoms with Crippen LogP contribution in [0.15, 0.2) is 0 Å². The van der Waals surface area contributed by atoms with Crippen molar-refractivity contribution in [3.63, 3.8) is 0 Å². The fourth-order valence-electron chi connectivity index (χ4n) is 4.03. The fourth-order valence-corrected chi connectivity index (χ4v) is 11.1. The van der Waals surface area contributed by atoms with Crippen molar-refractivity contribution in [2.75, 3.05) is 24.6 Å². The van der Waals surface area contributed by atoms with E-state index in [1.54, 1.807) is 0 Å². The van der Waals surface area contributed by atoms with Gasteiger partial charge in [-0.15, -0.1) is 0 Å². The minimum absolute atomic E-state index is 1.29. The first kappa shape index (κ1) is 23.7. The van der Waals surface area contributed by atoms with E-state index in [1.807, 2.05) is 0 Å². The van der Waals surface area contributed by atoms with Gasteiger partial charge in [0, 0.05) is 0 Å². The van der Waals surface area contributed by atoms with Crippen molar-refractivity contribution in [2.24, 2.45) is 0 Å². The van der Waals surface area contributed by atoms with Crippen LogP contribution in [0.3, 0.4) is 0 Å². The average molecular weight is 365 g/mol. The second-order valence-corrected chi connectivity index (χ2v) is 16.2. The van der Waals surface area contributed by atoms with Crippen molar-refractivity contribution in [1.82, 2.24) is 0 Å². The Bertz CT molecular complexity index is 231. The third-order valence-corrected chi connectivity index (χ3v) is 13.4. The van der Waals surface area contributed by atoms with Crippen molar-refractivity contribution in [3.05, 3.63) is 0 Å². The summed E-state index contributed by atoms with van der Waals surface area (Å²) in [7, 11) is 0. The zero-order valence-corrected chi connectivity index (χ0v) is 18.5. The molecule has 0 heterocycles. The molecule has 0 spiro atoms. The molecule has 0 radical (unpaired) electrons. The SMILES string of the molecule is CCCCCCP(Cl)(CCC)(CCCCCC)CCCCCC. The Labute approximate surface area is 153 Å². The van der Waals surface area contributed by atoms with E-state index >= 15 is 0 Å². The topological polar surface area (TPSA) is 0 Å². The molecule has 0 aliphatic carbocycles. The Morgan fingerprint density at radius 3 is 1.04 bits per heavy atom. The summed E-state index contributed by atoms with van der Waals surface area (Å²) in [6.07, 6.45) is 23.3. The first-order valence-corrected chi connectivity index (χ1v) is 14.6. The number of rotatable bonds is 17. The molecule has 0 bridgehead atoms. The molecule has 0 aliphatic rings. The molecule has 0 N–H and O–H groups in total. The Morgan fingerprint density at radius 1 is 0.435 bits per heavy atom. The molecular weight excluding hydrogens is 319 g/mol. The zero-order valence-electron chi connectivity index (χ0n) is 16.8. The summed E-state index contributed by atoms with van der Waals surface area (Å²) < 4.78 is 0. The number of unbranched alkanes of at least 4 members (excludes halogenated alkanes) is 9. The van der Waals surface area contributed by atoms with Crippen LogP contribution in [-0.4, -0.2) is 24.6 Å². The molecule has 0 aromatic heterocycles. The molecule has 0 fully saturated rings. The molecule has 0 nitrogen and oxygen atoms in total. The van der Waals surface area contributed by atoms with E-state index in [9.17, 15) is 0 Å². The van der Waals surface area contributed by atoms with E-state index < -0.39 is 5.96 Å². The fraction of sp³-hybridized carbons (Fsp3) is 1.00. The molecule has 0 aromatic carbocycles. The first-order chi connectivity index (χ1) is 11.0. The summed E-state index contributed by atoms with van der Waals surface area (Å²) >= 11 is 7.67. The molecule has 0 saturated heterocycles. The van der Waals surface area contributed by atoms with Gasteiger partial charge in [-0.25, -0.2) is 0 Å². The molecule has 0 atom stereocenters. The van der Waals surface area contributed by atoms with Gasteiger partial charge in [0.2, 0.25) is 0 Å². The third kappa shape index (κ3) is 11.0. The van der Waals surface area contributed by atoms with Crippen molar-refractivity contribution in [2.45, 2.75) is 111 Å². The van der Waals surface area contributed by atoms with Gasteiger partial charge < -0.3 is 0 Å². The Hall–Kier alpha value is 0.720. The van der Waals surface area contributed by atoms with Crippen molar-refractivity contribution in [3.8, 4) is 0 Å². The van der Waals surface area contributed by atoms with Crippen LogP contribution < -0.4 is 0 Å². The van der Waals surface area contributed by atoms with E-state index in [2.05, 4.69) is 27.7 Å². The van der Waals surface area contributed by atoms with Gasteiger partial charge in [0.15, 0.2) is 0 Å². The normalized spacial score (nSPS) is 13.9. The molecule has 2 heteroatoms. The van der Waals surface area contributed by atoms with Gasteiger partial charge in [-0.1, -0.05) is 0 Å². The molecule has 0 rings (SSSR count). The quantitative estimate of drug-likeness (QED) is 0.178. The summed E-state index contributed by atoms with van der Waals surface area (Å²) in [6.45, 7) is 9.28. The molecule has 142 valence electrons. The summed E-state index contributed by atoms with van der Waals surface area (Å²) in [5.41, 5.74) is 0. The summed E-state index contributed by atoms with van der Waals surface area (Å²) in [5.74, 6) is -1.96. The second-order valence-electron chi connectivity index (χ2n) is 7.90. The third-order valence-electron chi connectivity index (χ3n) is 5.49. The van der Waals surface area contributed by atoms with Crippen LogP contribution >= 0.6 is 17.2 Å². The molecular formula is C21H46ClP. The van der Waals surface area contributed by atoms with Crippen LogP contribution in [0.4, 0.5) is 0 Å². The van der Waals surface area contributed by atoms with Crippen molar-refractivity contribution in [1.29, 1.82) is 0 Å². The van der Waals surface area contributed by atoms with E-state index in [4.69, 9.17) is 11.2 Å². The summed E-state index contributed by atoms with van der Waals surface area (Å²) in [6, 6.07) is 0. The van der Waals surface area contributed by atoms with Crippen LogP contribution in [0.1, 0.15) is 111 Å². The van der Waals surface area contributed by atoms with Crippen LogP contribution in [0.2, 0.25) is 0 Å². The first-order valence-electron chi connectivity index (χ1n) is 10.8. The summed E-state index contributed by atoms with van der Waals surface area (Å²) in [5, 5.41) is 0. The summed E-state index contributed by atoms with van der Waals surface area (Å²) in [4.78, 5) is 0. The van der Waals surface area contributed by atoms with E-state index in [1.165, 1.54) is 108 Å². The van der Waals surface area contributed by atoms with Gasteiger partial charge in [-0.2, -0.15) is 0 Å². The van der Waals surface area contributed by atoms with Crippen LogP contribution in [0, 0.1) is 0 Å². The maximum atomic E-state index is 7.67. The molecule has 0 aromatic rings. The van der Waals surface area contributed by atoms with Crippen LogP contribution in [-0.2, 0) is 0 Å². The number of hydrogen-bond acceptors (Lipinski definition) is 0. The van der Waals surface area contributed by atoms with Crippen molar-refractivity contribution < 1.29 is 0 Å². The molecule has 0 saturated carbocycles. The van der Waals surface area contributed by atoms with E-state index in [-0.39, 0.29) is 0 Å². The van der Waals surface area contributed by atoms with Gasteiger partial charge in [0.05, 0.1) is 0 Å². The molecule has 0 aliphatic heterocycles. The van der Waals surface area contributed by atoms with E-state index in [0.29, 0.717) is 0 Å². The van der Waals surface area contributed by atoms with Gasteiger partial charge >= 0.3 is 153 Å². The van der Waals surface area contributed by atoms with Gasteiger partial charge in [0.25, 0.3) is 0 Å². The Balaban J connectivity index is 4.74. The molecule has 23 heavy (non-hydrogen) atoms. The minimum atomic E-state index is -1.96. The van der Waals surface area contributed by atoms with Crippen molar-refractivity contribution >= 4 is 17.2 Å². The zero-order chi connectivity index (χ0) is 17.5. The van der Waals surface area contributed by atoms with Gasteiger partial charge in [-0.05, 0) is 0 Å². The molecule has 0 unspecified atom stereocenters. The monoisotopic (exact) mass is 364 g/mol. The Kier molecular flexibility index (Phi) is 14.4. The van der Waals surface area contributed by atoms with E-state index in [0.717, 1.165) is 0 Å². The van der Waals surface area contributed by atoms with Gasteiger partial charge in [-0.3, -0.25) is 0 Å². The Morgan fingerprint density at radius 2 is 0.783 bits per heavy atom. The predicted molar refractivity (Wildman–Crippen MR) is 115 cm³/mol. The van der Waals surface area contributed by atoms with Crippen LogP contribution in [0.25, 0.3) is 0 Å². The van der Waals surface area contributed by atoms with Gasteiger partial charge in [0.1, 0.15) is 0 Å². The molecule has 0 amide bonds. The predicted octanol–water partition coefficient (Wildman–Crippen LogP) is 8.84. The number of hydrogen-bond donors (Lipinski definition) is 0. The maximum absolute atomic E-state index is 7.67. The second kappa shape index (κ2) is 13.9. The van der Waals surface area contributed by atoms with Crippen LogP contribution in [0.5, 0.6) is 0 Å². The average Bonchev–Trinajstić information content (AvgIpc) is 2.54. The standard InChI is InChI=1S/C21H46ClP/c1-5-9-12-15-19-23(22,18-8-4,20-16-13-10-6-2)21-17-14-11-7-3/h5-21H2,1-4H3.